The first-order valence-electron chi connectivity index (χ1n) is 12.1. The molecular formula is C26H43NO3. The first-order chi connectivity index (χ1) is 14.6. The van der Waals surface area contributed by atoms with Gasteiger partial charge in [-0.3, -0.25) is 4.90 Å². The number of fused-ring (bicyclic) bond motifs is 3. The Balaban J connectivity index is 1.72. The number of unbranched alkanes of at least 4 members (excludes halogenated alkanes) is 3. The van der Waals surface area contributed by atoms with E-state index in [9.17, 15) is 0 Å². The lowest BCUT2D eigenvalue weighted by atomic mass is 9.74. The van der Waals surface area contributed by atoms with E-state index < -0.39 is 0 Å². The van der Waals surface area contributed by atoms with Crippen LogP contribution in [0.2, 0.25) is 0 Å². The molecule has 0 N–H and O–H groups in total. The minimum absolute atomic E-state index is 0.477. The Labute approximate surface area is 184 Å². The van der Waals surface area contributed by atoms with Crippen molar-refractivity contribution in [2.75, 3.05) is 40.5 Å². The molecule has 0 bridgehead atoms. The maximum atomic E-state index is 6.22. The van der Waals surface area contributed by atoms with Crippen molar-refractivity contribution in [3.05, 3.63) is 23.3 Å². The predicted molar refractivity (Wildman–Crippen MR) is 124 cm³/mol. The third-order valence-corrected chi connectivity index (χ3v) is 7.02. The monoisotopic (exact) mass is 417 g/mol. The Hall–Kier alpha value is -1.26. The summed E-state index contributed by atoms with van der Waals surface area (Å²) in [5.41, 5.74) is 2.87. The predicted octanol–water partition coefficient (Wildman–Crippen LogP) is 5.88. The molecule has 3 atom stereocenters. The maximum Gasteiger partial charge on any atom is 0.161 e. The molecule has 0 spiro atoms. The van der Waals surface area contributed by atoms with Crippen molar-refractivity contribution in [1.82, 2.24) is 4.90 Å². The van der Waals surface area contributed by atoms with Gasteiger partial charge in [0.2, 0.25) is 0 Å². The third-order valence-electron chi connectivity index (χ3n) is 7.02. The highest BCUT2D eigenvalue weighted by molar-refractivity contribution is 5.49. The summed E-state index contributed by atoms with van der Waals surface area (Å²) < 4.78 is 17.4. The molecule has 1 aromatic carbocycles. The van der Waals surface area contributed by atoms with Gasteiger partial charge in [-0.25, -0.2) is 0 Å². The van der Waals surface area contributed by atoms with E-state index in [1.807, 2.05) is 0 Å². The molecule has 2 aliphatic heterocycles. The lowest BCUT2D eigenvalue weighted by molar-refractivity contribution is -0.00595. The first-order valence-corrected chi connectivity index (χ1v) is 12.1. The summed E-state index contributed by atoms with van der Waals surface area (Å²) in [4.78, 5) is 2.72. The topological polar surface area (TPSA) is 30.9 Å². The minimum atomic E-state index is 0.477. The lowest BCUT2D eigenvalue weighted by Crippen LogP contribution is -2.47. The van der Waals surface area contributed by atoms with E-state index in [0.717, 1.165) is 49.5 Å². The highest BCUT2D eigenvalue weighted by atomic mass is 16.5. The molecule has 1 fully saturated rings. The molecule has 2 heterocycles. The van der Waals surface area contributed by atoms with Crippen molar-refractivity contribution in [2.45, 2.75) is 71.8 Å². The van der Waals surface area contributed by atoms with Crippen LogP contribution in [0, 0.1) is 17.8 Å². The van der Waals surface area contributed by atoms with E-state index >= 15 is 0 Å². The summed E-state index contributed by atoms with van der Waals surface area (Å²) in [5.74, 6) is 3.81. The van der Waals surface area contributed by atoms with Gasteiger partial charge in [0.05, 0.1) is 14.2 Å². The Morgan fingerprint density at radius 3 is 2.50 bits per heavy atom. The summed E-state index contributed by atoms with van der Waals surface area (Å²) in [6.45, 7) is 11.1. The molecular weight excluding hydrogens is 374 g/mol. The van der Waals surface area contributed by atoms with Gasteiger partial charge in [0.15, 0.2) is 11.5 Å². The zero-order valence-electron chi connectivity index (χ0n) is 19.9. The average Bonchev–Trinajstić information content (AvgIpc) is 2.74. The van der Waals surface area contributed by atoms with Gasteiger partial charge < -0.3 is 14.2 Å². The van der Waals surface area contributed by atoms with Crippen LogP contribution in [0.3, 0.4) is 0 Å². The molecule has 170 valence electrons. The highest BCUT2D eigenvalue weighted by Crippen LogP contribution is 2.45. The fraction of sp³-hybridized carbons (Fsp3) is 0.769. The maximum absolute atomic E-state index is 6.22. The summed E-state index contributed by atoms with van der Waals surface area (Å²) in [7, 11) is 3.46. The zero-order chi connectivity index (χ0) is 21.5. The molecule has 3 unspecified atom stereocenters. The van der Waals surface area contributed by atoms with Gasteiger partial charge in [-0.15, -0.1) is 0 Å². The Kier molecular flexibility index (Phi) is 8.88. The molecule has 30 heavy (non-hydrogen) atoms. The number of hydrogen-bond donors (Lipinski definition) is 0. The minimum Gasteiger partial charge on any atom is -0.493 e. The number of nitrogens with zero attached hydrogens (tertiary/aromatic N) is 1. The second-order valence-corrected chi connectivity index (χ2v) is 9.69. The van der Waals surface area contributed by atoms with Crippen LogP contribution in [0.15, 0.2) is 12.1 Å². The molecule has 4 nitrogen and oxygen atoms in total. The van der Waals surface area contributed by atoms with Crippen molar-refractivity contribution < 1.29 is 14.2 Å². The van der Waals surface area contributed by atoms with Crippen LogP contribution in [0.5, 0.6) is 11.5 Å². The lowest BCUT2D eigenvalue weighted by Gasteiger charge is -2.47. The number of rotatable bonds is 11. The fourth-order valence-corrected chi connectivity index (χ4v) is 5.45. The van der Waals surface area contributed by atoms with Crippen LogP contribution in [0.1, 0.15) is 76.5 Å². The van der Waals surface area contributed by atoms with Crippen LogP contribution in [-0.4, -0.2) is 45.4 Å². The smallest absolute Gasteiger partial charge is 0.161 e. The van der Waals surface area contributed by atoms with Crippen molar-refractivity contribution in [2.24, 2.45) is 17.8 Å². The van der Waals surface area contributed by atoms with Crippen LogP contribution >= 0.6 is 0 Å². The summed E-state index contributed by atoms with van der Waals surface area (Å²) in [6, 6.07) is 4.91. The van der Waals surface area contributed by atoms with Gasteiger partial charge in [0.1, 0.15) is 0 Å². The van der Waals surface area contributed by atoms with Gasteiger partial charge in [-0.2, -0.15) is 0 Å². The van der Waals surface area contributed by atoms with E-state index in [2.05, 4.69) is 37.8 Å². The second-order valence-electron chi connectivity index (χ2n) is 9.69. The molecule has 0 aromatic heterocycles. The number of hydrogen-bond acceptors (Lipinski definition) is 4. The molecule has 0 radical (unpaired) electrons. The Morgan fingerprint density at radius 2 is 1.80 bits per heavy atom. The van der Waals surface area contributed by atoms with Gasteiger partial charge in [0.25, 0.3) is 0 Å². The van der Waals surface area contributed by atoms with Gasteiger partial charge in [0, 0.05) is 32.3 Å². The molecule has 4 heteroatoms. The fourth-order valence-electron chi connectivity index (χ4n) is 5.45. The normalized spacial score (nSPS) is 23.9. The molecule has 1 saturated heterocycles. The van der Waals surface area contributed by atoms with Crippen molar-refractivity contribution in [3.8, 4) is 11.5 Å². The first kappa shape index (κ1) is 23.4. The van der Waals surface area contributed by atoms with E-state index in [1.54, 1.807) is 14.2 Å². The SMILES string of the molecule is CCCCCCOCC1CC2c3cc(OC)c(OC)cc3CCN2CC1CC(C)C. The number of benzene rings is 1. The van der Waals surface area contributed by atoms with E-state index in [1.165, 1.54) is 56.2 Å². The average molecular weight is 418 g/mol. The van der Waals surface area contributed by atoms with E-state index in [-0.39, 0.29) is 0 Å². The summed E-state index contributed by atoms with van der Waals surface area (Å²) >= 11 is 0. The number of methoxy groups -OCH3 is 2. The van der Waals surface area contributed by atoms with Crippen LogP contribution in [0.25, 0.3) is 0 Å². The quantitative estimate of drug-likeness (QED) is 0.421. The van der Waals surface area contributed by atoms with Gasteiger partial charge in [-0.05, 0) is 66.7 Å². The zero-order valence-corrected chi connectivity index (χ0v) is 19.9. The van der Waals surface area contributed by atoms with Crippen LogP contribution in [0.4, 0.5) is 0 Å². The standard InChI is InChI=1S/C26H43NO3/c1-6-7-8-9-12-30-18-22-14-24-23-16-26(29-5)25(28-4)15-20(23)10-11-27(24)17-21(22)13-19(2)3/h15-16,19,21-22,24H,6-14,17-18H2,1-5H3. The molecule has 1 aromatic rings. The van der Waals surface area contributed by atoms with Crippen LogP contribution < -0.4 is 9.47 Å². The largest absolute Gasteiger partial charge is 0.493 e. The van der Waals surface area contributed by atoms with E-state index in [4.69, 9.17) is 14.2 Å². The number of piperidine rings is 1. The van der Waals surface area contributed by atoms with E-state index in [0.29, 0.717) is 12.0 Å². The molecule has 2 aliphatic rings. The molecule has 0 amide bonds. The molecule has 0 saturated carbocycles. The van der Waals surface area contributed by atoms with Gasteiger partial charge in [-0.1, -0.05) is 40.0 Å². The van der Waals surface area contributed by atoms with Crippen molar-refractivity contribution in [3.63, 3.8) is 0 Å². The van der Waals surface area contributed by atoms with Crippen LogP contribution in [-0.2, 0) is 11.2 Å². The number of ether oxygens (including phenoxy) is 3. The molecule has 0 aliphatic carbocycles. The third kappa shape index (κ3) is 5.70. The van der Waals surface area contributed by atoms with Crippen molar-refractivity contribution >= 4 is 0 Å². The molecule has 3 rings (SSSR count). The summed E-state index contributed by atoms with van der Waals surface area (Å²) in [5, 5.41) is 0. The van der Waals surface area contributed by atoms with Gasteiger partial charge >= 0.3 is 0 Å². The Bertz CT molecular complexity index is 660. The Morgan fingerprint density at radius 1 is 1.03 bits per heavy atom. The van der Waals surface area contributed by atoms with Crippen molar-refractivity contribution in [1.29, 1.82) is 0 Å². The second kappa shape index (κ2) is 11.4. The highest BCUT2D eigenvalue weighted by Gasteiger charge is 2.39. The summed E-state index contributed by atoms with van der Waals surface area (Å²) in [6.07, 6.45) is 8.68.